The maximum atomic E-state index is 12.7. The Labute approximate surface area is 198 Å². The van der Waals surface area contributed by atoms with E-state index in [9.17, 15) is 4.79 Å². The van der Waals surface area contributed by atoms with Crippen molar-refractivity contribution in [1.29, 1.82) is 0 Å². The fourth-order valence-corrected chi connectivity index (χ4v) is 4.61. The second-order valence-electron chi connectivity index (χ2n) is 8.80. The number of carbonyl (C=O) groups excluding carboxylic acids is 1. The van der Waals surface area contributed by atoms with Crippen molar-refractivity contribution in [3.05, 3.63) is 59.8 Å². The molecule has 8 heteroatoms. The summed E-state index contributed by atoms with van der Waals surface area (Å²) in [4.78, 5) is 12.7. The van der Waals surface area contributed by atoms with Gasteiger partial charge in [-0.15, -0.1) is 0 Å². The van der Waals surface area contributed by atoms with Crippen LogP contribution in [-0.4, -0.2) is 38.1 Å². The highest BCUT2D eigenvalue weighted by Crippen LogP contribution is 2.32. The second-order valence-corrected chi connectivity index (χ2v) is 8.80. The summed E-state index contributed by atoms with van der Waals surface area (Å²) in [5.41, 5.74) is 2.86. The lowest BCUT2D eigenvalue weighted by atomic mass is 9.81. The van der Waals surface area contributed by atoms with Crippen molar-refractivity contribution in [2.75, 3.05) is 27.0 Å². The zero-order chi connectivity index (χ0) is 23.3. The highest BCUT2D eigenvalue weighted by atomic mass is 16.7. The third kappa shape index (κ3) is 5.17. The van der Waals surface area contributed by atoms with Gasteiger partial charge in [-0.05, 0) is 79.7 Å². The first-order valence-corrected chi connectivity index (χ1v) is 11.6. The number of aromatic nitrogens is 1. The number of rotatable bonds is 8. The molecule has 3 heterocycles. The summed E-state index contributed by atoms with van der Waals surface area (Å²) in [6.07, 6.45) is 2.23. The fourth-order valence-electron chi connectivity index (χ4n) is 4.61. The SMILES string of the molecule is COc1ccc(-c2cc(C[C@H]3CNCC[C@H]3CC(=O)NCc3ccc4c(c3)OCO4)no2)cc1. The molecule has 2 aromatic carbocycles. The van der Waals surface area contributed by atoms with Gasteiger partial charge in [0.2, 0.25) is 12.7 Å². The van der Waals surface area contributed by atoms with Gasteiger partial charge in [0.25, 0.3) is 0 Å². The summed E-state index contributed by atoms with van der Waals surface area (Å²) in [7, 11) is 1.65. The van der Waals surface area contributed by atoms with Crippen molar-refractivity contribution in [2.45, 2.75) is 25.8 Å². The molecule has 0 spiro atoms. The average Bonchev–Trinajstić information content (AvgIpc) is 3.53. The summed E-state index contributed by atoms with van der Waals surface area (Å²) in [5.74, 6) is 3.69. The molecule has 1 amide bonds. The summed E-state index contributed by atoms with van der Waals surface area (Å²) >= 11 is 0. The molecular weight excluding hydrogens is 434 g/mol. The molecule has 34 heavy (non-hydrogen) atoms. The van der Waals surface area contributed by atoms with Gasteiger partial charge in [0, 0.05) is 24.6 Å². The minimum absolute atomic E-state index is 0.0636. The summed E-state index contributed by atoms with van der Waals surface area (Å²) < 4.78 is 21.6. The maximum absolute atomic E-state index is 12.7. The molecule has 1 aromatic heterocycles. The molecule has 2 aliphatic heterocycles. The van der Waals surface area contributed by atoms with Crippen LogP contribution in [0.1, 0.15) is 24.1 Å². The smallest absolute Gasteiger partial charge is 0.231 e. The molecule has 2 N–H and O–H groups in total. The quantitative estimate of drug-likeness (QED) is 0.528. The number of benzene rings is 2. The number of piperidine rings is 1. The van der Waals surface area contributed by atoms with Gasteiger partial charge in [-0.1, -0.05) is 11.2 Å². The van der Waals surface area contributed by atoms with E-state index in [4.69, 9.17) is 18.7 Å². The lowest BCUT2D eigenvalue weighted by molar-refractivity contribution is -0.122. The molecule has 0 saturated carbocycles. The van der Waals surface area contributed by atoms with Crippen LogP contribution in [0.3, 0.4) is 0 Å². The minimum atomic E-state index is 0.0636. The molecule has 0 aliphatic carbocycles. The van der Waals surface area contributed by atoms with Gasteiger partial charge in [0.15, 0.2) is 17.3 Å². The number of hydrogen-bond acceptors (Lipinski definition) is 7. The van der Waals surface area contributed by atoms with Gasteiger partial charge < -0.3 is 29.4 Å². The molecular formula is C26H29N3O5. The van der Waals surface area contributed by atoms with Crippen LogP contribution in [0.2, 0.25) is 0 Å². The van der Waals surface area contributed by atoms with Crippen molar-refractivity contribution in [2.24, 2.45) is 11.8 Å². The van der Waals surface area contributed by atoms with Gasteiger partial charge in [-0.2, -0.15) is 0 Å². The number of ether oxygens (including phenoxy) is 3. The highest BCUT2D eigenvalue weighted by Gasteiger charge is 2.28. The number of amides is 1. The normalized spacial score (nSPS) is 19.1. The molecule has 2 atom stereocenters. The Hall–Kier alpha value is -3.52. The molecule has 8 nitrogen and oxygen atoms in total. The van der Waals surface area contributed by atoms with Gasteiger partial charge in [0.1, 0.15) is 5.75 Å². The van der Waals surface area contributed by atoms with E-state index in [0.29, 0.717) is 24.8 Å². The second kappa shape index (κ2) is 10.2. The lowest BCUT2D eigenvalue weighted by Gasteiger charge is -2.31. The predicted molar refractivity (Wildman–Crippen MR) is 126 cm³/mol. The van der Waals surface area contributed by atoms with E-state index in [0.717, 1.165) is 65.8 Å². The maximum Gasteiger partial charge on any atom is 0.231 e. The highest BCUT2D eigenvalue weighted by molar-refractivity contribution is 5.76. The lowest BCUT2D eigenvalue weighted by Crippen LogP contribution is -2.40. The van der Waals surface area contributed by atoms with Crippen LogP contribution in [0, 0.1) is 11.8 Å². The van der Waals surface area contributed by atoms with E-state index in [1.54, 1.807) is 7.11 Å². The van der Waals surface area contributed by atoms with E-state index in [1.165, 1.54) is 0 Å². The molecule has 0 radical (unpaired) electrons. The molecule has 3 aromatic rings. The van der Waals surface area contributed by atoms with Crippen LogP contribution in [0.25, 0.3) is 11.3 Å². The Kier molecular flexibility index (Phi) is 6.67. The number of nitrogens with zero attached hydrogens (tertiary/aromatic N) is 1. The van der Waals surface area contributed by atoms with Crippen molar-refractivity contribution in [3.63, 3.8) is 0 Å². The first-order chi connectivity index (χ1) is 16.7. The van der Waals surface area contributed by atoms with Crippen molar-refractivity contribution in [3.8, 4) is 28.6 Å². The molecule has 2 aliphatic rings. The first-order valence-electron chi connectivity index (χ1n) is 11.6. The molecule has 0 bridgehead atoms. The van der Waals surface area contributed by atoms with Crippen molar-refractivity contribution < 1.29 is 23.5 Å². The van der Waals surface area contributed by atoms with Crippen LogP contribution < -0.4 is 24.8 Å². The van der Waals surface area contributed by atoms with Crippen LogP contribution in [0.15, 0.2) is 53.1 Å². The largest absolute Gasteiger partial charge is 0.497 e. The van der Waals surface area contributed by atoms with Crippen LogP contribution >= 0.6 is 0 Å². The fraction of sp³-hybridized carbons (Fsp3) is 0.385. The Morgan fingerprint density at radius 2 is 1.97 bits per heavy atom. The van der Waals surface area contributed by atoms with Crippen LogP contribution in [0.5, 0.6) is 17.2 Å². The van der Waals surface area contributed by atoms with Crippen LogP contribution in [0.4, 0.5) is 0 Å². The number of carbonyl (C=O) groups is 1. The van der Waals surface area contributed by atoms with E-state index in [1.807, 2.05) is 48.5 Å². The molecule has 178 valence electrons. The standard InChI is InChI=1S/C26H29N3O5/c1-31-22-5-3-18(4-6-22)24-13-21(29-34-24)11-20-15-27-9-8-19(20)12-26(30)28-14-17-2-7-23-25(10-17)33-16-32-23/h2-7,10,13,19-20,27H,8-9,11-12,14-16H2,1H3,(H,28,30)/t19-,20-/m0/s1. The average molecular weight is 464 g/mol. The summed E-state index contributed by atoms with van der Waals surface area (Å²) in [6, 6.07) is 15.5. The van der Waals surface area contributed by atoms with Gasteiger partial charge >= 0.3 is 0 Å². The van der Waals surface area contributed by atoms with E-state index >= 15 is 0 Å². The van der Waals surface area contributed by atoms with Gasteiger partial charge in [-0.3, -0.25) is 4.79 Å². The Bertz CT molecular complexity index is 1130. The Balaban J connectivity index is 1.16. The molecule has 5 rings (SSSR count). The molecule has 1 saturated heterocycles. The zero-order valence-electron chi connectivity index (χ0n) is 19.2. The third-order valence-electron chi connectivity index (χ3n) is 6.54. The Morgan fingerprint density at radius 3 is 2.82 bits per heavy atom. The number of methoxy groups -OCH3 is 1. The third-order valence-corrected chi connectivity index (χ3v) is 6.54. The summed E-state index contributed by atoms with van der Waals surface area (Å²) in [5, 5.41) is 10.8. The van der Waals surface area contributed by atoms with Gasteiger partial charge in [-0.25, -0.2) is 0 Å². The number of nitrogens with one attached hydrogen (secondary N) is 2. The van der Waals surface area contributed by atoms with Crippen LogP contribution in [-0.2, 0) is 17.8 Å². The molecule has 0 unspecified atom stereocenters. The van der Waals surface area contributed by atoms with Crippen molar-refractivity contribution in [1.82, 2.24) is 15.8 Å². The zero-order valence-corrected chi connectivity index (χ0v) is 19.2. The van der Waals surface area contributed by atoms with Crippen molar-refractivity contribution >= 4 is 5.91 Å². The Morgan fingerprint density at radius 1 is 1.12 bits per heavy atom. The number of fused-ring (bicyclic) bond motifs is 1. The summed E-state index contributed by atoms with van der Waals surface area (Å²) in [6.45, 7) is 2.51. The van der Waals surface area contributed by atoms with E-state index < -0.39 is 0 Å². The topological polar surface area (TPSA) is 94.9 Å². The first kappa shape index (κ1) is 22.3. The monoisotopic (exact) mass is 463 g/mol. The predicted octanol–water partition coefficient (Wildman–Crippen LogP) is 3.55. The van der Waals surface area contributed by atoms with Gasteiger partial charge in [0.05, 0.1) is 12.8 Å². The molecule has 1 fully saturated rings. The number of hydrogen-bond donors (Lipinski definition) is 2. The minimum Gasteiger partial charge on any atom is -0.497 e. The van der Waals surface area contributed by atoms with E-state index in [2.05, 4.69) is 15.8 Å². The van der Waals surface area contributed by atoms with E-state index in [-0.39, 0.29) is 12.7 Å².